The summed E-state index contributed by atoms with van der Waals surface area (Å²) in [7, 11) is -3.28. The van der Waals surface area contributed by atoms with E-state index in [0.717, 1.165) is 25.7 Å². The second-order valence-electron chi connectivity index (χ2n) is 5.63. The number of nitrogens with one attached hydrogen (secondary N) is 1. The molecule has 1 heterocycles. The Morgan fingerprint density at radius 1 is 1.23 bits per heavy atom. The summed E-state index contributed by atoms with van der Waals surface area (Å²) in [4.78, 5) is 22.8. The van der Waals surface area contributed by atoms with Gasteiger partial charge in [-0.25, -0.2) is 17.5 Å². The fraction of sp³-hybridized carbons (Fsp3) is 0.857. The van der Waals surface area contributed by atoms with Crippen LogP contribution in [0.3, 0.4) is 0 Å². The van der Waals surface area contributed by atoms with Crippen LogP contribution in [0.2, 0.25) is 0 Å². The van der Waals surface area contributed by atoms with Gasteiger partial charge >= 0.3 is 5.97 Å². The van der Waals surface area contributed by atoms with Crippen LogP contribution < -0.4 is 5.32 Å². The molecule has 2 N–H and O–H groups in total. The van der Waals surface area contributed by atoms with E-state index in [-0.39, 0.29) is 18.6 Å². The van der Waals surface area contributed by atoms with E-state index in [1.165, 1.54) is 4.31 Å². The molecule has 0 unspecified atom stereocenters. The number of nitrogens with zero attached hydrogens (tertiary/aromatic N) is 1. The van der Waals surface area contributed by atoms with E-state index in [1.807, 2.05) is 6.92 Å². The van der Waals surface area contributed by atoms with Crippen molar-refractivity contribution in [3.63, 3.8) is 0 Å². The summed E-state index contributed by atoms with van der Waals surface area (Å²) in [6.07, 6.45) is 3.99. The highest BCUT2D eigenvalue weighted by Gasteiger charge is 2.25. The summed E-state index contributed by atoms with van der Waals surface area (Å²) in [5, 5.41) is 11.5. The highest BCUT2D eigenvalue weighted by atomic mass is 32.2. The number of carboxylic acids is 1. The van der Waals surface area contributed by atoms with Crippen molar-refractivity contribution in [2.75, 3.05) is 18.8 Å². The van der Waals surface area contributed by atoms with Gasteiger partial charge in [-0.05, 0) is 25.7 Å². The van der Waals surface area contributed by atoms with Gasteiger partial charge in [-0.15, -0.1) is 0 Å². The lowest BCUT2D eigenvalue weighted by Gasteiger charge is -2.16. The van der Waals surface area contributed by atoms with Gasteiger partial charge in [-0.2, -0.15) is 0 Å². The molecule has 1 fully saturated rings. The topological polar surface area (TPSA) is 104 Å². The summed E-state index contributed by atoms with van der Waals surface area (Å²) < 4.78 is 25.4. The summed E-state index contributed by atoms with van der Waals surface area (Å²) in [5.41, 5.74) is 0. The van der Waals surface area contributed by atoms with Crippen molar-refractivity contribution in [2.45, 2.75) is 57.9 Å². The lowest BCUT2D eigenvalue weighted by Crippen LogP contribution is -2.40. The van der Waals surface area contributed by atoms with Gasteiger partial charge in [-0.3, -0.25) is 4.79 Å². The third-order valence-electron chi connectivity index (χ3n) is 3.74. The van der Waals surface area contributed by atoms with E-state index in [4.69, 9.17) is 5.11 Å². The van der Waals surface area contributed by atoms with E-state index < -0.39 is 27.9 Å². The van der Waals surface area contributed by atoms with Gasteiger partial charge in [0, 0.05) is 19.5 Å². The zero-order valence-electron chi connectivity index (χ0n) is 13.1. The van der Waals surface area contributed by atoms with Crippen LogP contribution in [-0.4, -0.2) is 54.6 Å². The monoisotopic (exact) mass is 334 g/mol. The predicted octanol–water partition coefficient (Wildman–Crippen LogP) is 0.952. The SMILES string of the molecule is CCCC[C@H](NC(=O)CCCS(=O)(=O)N1CCCC1)C(=O)O. The Balaban J connectivity index is 2.34. The molecular formula is C14H26N2O5S. The first-order valence-electron chi connectivity index (χ1n) is 7.87. The molecule has 0 aromatic carbocycles. The molecule has 1 rings (SSSR count). The van der Waals surface area contributed by atoms with E-state index in [9.17, 15) is 18.0 Å². The quantitative estimate of drug-likeness (QED) is 0.619. The first-order chi connectivity index (χ1) is 10.4. The van der Waals surface area contributed by atoms with Crippen molar-refractivity contribution in [1.29, 1.82) is 0 Å². The van der Waals surface area contributed by atoms with Gasteiger partial charge in [-0.1, -0.05) is 19.8 Å². The van der Waals surface area contributed by atoms with Crippen molar-refractivity contribution >= 4 is 21.9 Å². The molecule has 1 aliphatic heterocycles. The lowest BCUT2D eigenvalue weighted by molar-refractivity contribution is -0.142. The maximum Gasteiger partial charge on any atom is 0.326 e. The molecule has 0 radical (unpaired) electrons. The molecule has 0 spiro atoms. The molecule has 7 nitrogen and oxygen atoms in total. The average Bonchev–Trinajstić information content (AvgIpc) is 2.97. The van der Waals surface area contributed by atoms with Crippen molar-refractivity contribution in [1.82, 2.24) is 9.62 Å². The van der Waals surface area contributed by atoms with Gasteiger partial charge < -0.3 is 10.4 Å². The van der Waals surface area contributed by atoms with Crippen LogP contribution in [0.15, 0.2) is 0 Å². The van der Waals surface area contributed by atoms with E-state index in [2.05, 4.69) is 5.32 Å². The summed E-state index contributed by atoms with van der Waals surface area (Å²) in [6, 6.07) is -0.886. The number of hydrogen-bond donors (Lipinski definition) is 2. The first kappa shape index (κ1) is 18.9. The standard InChI is InChI=1S/C14H26N2O5S/c1-2-3-7-12(14(18)19)15-13(17)8-6-11-22(20,21)16-9-4-5-10-16/h12H,2-11H2,1H3,(H,15,17)(H,18,19)/t12-/m0/s1. The maximum atomic E-state index is 12.0. The Morgan fingerprint density at radius 3 is 2.41 bits per heavy atom. The molecule has 1 amide bonds. The zero-order chi connectivity index (χ0) is 16.6. The minimum Gasteiger partial charge on any atom is -0.480 e. The fourth-order valence-corrected chi connectivity index (χ4v) is 4.02. The van der Waals surface area contributed by atoms with Crippen LogP contribution in [0.4, 0.5) is 0 Å². The van der Waals surface area contributed by atoms with Crippen LogP contribution >= 0.6 is 0 Å². The summed E-state index contributed by atoms with van der Waals surface area (Å²) in [6.45, 7) is 3.07. The third kappa shape index (κ3) is 6.31. The molecule has 8 heteroatoms. The number of aliphatic carboxylic acids is 1. The van der Waals surface area contributed by atoms with E-state index in [1.54, 1.807) is 0 Å². The second kappa shape index (κ2) is 9.09. The number of unbranched alkanes of at least 4 members (excludes halogenated alkanes) is 1. The largest absolute Gasteiger partial charge is 0.480 e. The molecule has 0 aromatic heterocycles. The smallest absolute Gasteiger partial charge is 0.326 e. The molecule has 0 bridgehead atoms. The van der Waals surface area contributed by atoms with Crippen LogP contribution in [-0.2, 0) is 19.6 Å². The molecule has 0 aromatic rings. The minimum absolute atomic E-state index is 0.0307. The Bertz CT molecular complexity index is 472. The Labute approximate surface area is 132 Å². The highest BCUT2D eigenvalue weighted by molar-refractivity contribution is 7.89. The third-order valence-corrected chi connectivity index (χ3v) is 5.70. The van der Waals surface area contributed by atoms with Crippen LogP contribution in [0.25, 0.3) is 0 Å². The van der Waals surface area contributed by atoms with Gasteiger partial charge in [0.2, 0.25) is 15.9 Å². The fourth-order valence-electron chi connectivity index (χ4n) is 2.44. The average molecular weight is 334 g/mol. The molecule has 0 saturated carbocycles. The predicted molar refractivity (Wildman–Crippen MR) is 82.9 cm³/mol. The number of rotatable bonds is 10. The van der Waals surface area contributed by atoms with Crippen LogP contribution in [0.1, 0.15) is 51.9 Å². The van der Waals surface area contributed by atoms with Gasteiger partial charge in [0.15, 0.2) is 0 Å². The molecule has 128 valence electrons. The van der Waals surface area contributed by atoms with Crippen molar-refractivity contribution in [2.24, 2.45) is 0 Å². The van der Waals surface area contributed by atoms with E-state index in [0.29, 0.717) is 19.5 Å². The van der Waals surface area contributed by atoms with Gasteiger partial charge in [0.1, 0.15) is 6.04 Å². The Morgan fingerprint density at radius 2 is 1.86 bits per heavy atom. The number of carbonyl (C=O) groups is 2. The van der Waals surface area contributed by atoms with Crippen molar-refractivity contribution in [3.8, 4) is 0 Å². The Hall–Kier alpha value is -1.15. The van der Waals surface area contributed by atoms with Crippen molar-refractivity contribution < 1.29 is 23.1 Å². The van der Waals surface area contributed by atoms with Crippen molar-refractivity contribution in [3.05, 3.63) is 0 Å². The molecule has 1 atom stereocenters. The summed E-state index contributed by atoms with van der Waals surface area (Å²) in [5.74, 6) is -1.51. The minimum atomic E-state index is -3.28. The van der Waals surface area contributed by atoms with Crippen LogP contribution in [0, 0.1) is 0 Å². The number of carboxylic acid groups (broad SMARTS) is 1. The molecule has 1 saturated heterocycles. The highest BCUT2D eigenvalue weighted by Crippen LogP contribution is 2.14. The first-order valence-corrected chi connectivity index (χ1v) is 9.47. The molecule has 22 heavy (non-hydrogen) atoms. The normalized spacial score (nSPS) is 17.3. The summed E-state index contributed by atoms with van der Waals surface area (Å²) >= 11 is 0. The second-order valence-corrected chi connectivity index (χ2v) is 7.71. The van der Waals surface area contributed by atoms with Crippen LogP contribution in [0.5, 0.6) is 0 Å². The number of hydrogen-bond acceptors (Lipinski definition) is 4. The number of amides is 1. The number of sulfonamides is 1. The zero-order valence-corrected chi connectivity index (χ0v) is 13.9. The molecular weight excluding hydrogens is 308 g/mol. The maximum absolute atomic E-state index is 12.0. The molecule has 0 aliphatic carbocycles. The lowest BCUT2D eigenvalue weighted by atomic mass is 10.1. The Kier molecular flexibility index (Phi) is 7.81. The molecule has 1 aliphatic rings. The number of carbonyl (C=O) groups excluding carboxylic acids is 1. The van der Waals surface area contributed by atoms with Gasteiger partial charge in [0.25, 0.3) is 0 Å². The van der Waals surface area contributed by atoms with Gasteiger partial charge in [0.05, 0.1) is 5.75 Å². The van der Waals surface area contributed by atoms with E-state index >= 15 is 0 Å².